The third kappa shape index (κ3) is 2.47. The molecule has 2 rings (SSSR count). The van der Waals surface area contributed by atoms with Crippen LogP contribution in [0.5, 0.6) is 0 Å². The van der Waals surface area contributed by atoms with Crippen molar-refractivity contribution in [1.82, 2.24) is 0 Å². The van der Waals surface area contributed by atoms with Crippen LogP contribution in [0.15, 0.2) is 12.2 Å². The van der Waals surface area contributed by atoms with E-state index >= 15 is 0 Å². The van der Waals surface area contributed by atoms with Crippen LogP contribution in [-0.4, -0.2) is 22.5 Å². The molecule has 0 aromatic heterocycles. The maximum atomic E-state index is 11.9. The molecule has 0 bridgehead atoms. The molecule has 5 nitrogen and oxygen atoms in total. The number of rotatable bonds is 5. The summed E-state index contributed by atoms with van der Waals surface area (Å²) >= 11 is 0. The van der Waals surface area contributed by atoms with Crippen LogP contribution >= 0.6 is 0 Å². The van der Waals surface area contributed by atoms with Crippen molar-refractivity contribution in [3.05, 3.63) is 22.3 Å². The zero-order valence-corrected chi connectivity index (χ0v) is 13.2. The summed E-state index contributed by atoms with van der Waals surface area (Å²) in [6.45, 7) is 7.48. The SMILES string of the molecule is CCC1C=C[C@@H]2[C@H]1C[C@]2(C[N+](=O)[O-])C(C(=O)O)C(C)(C)C. The molecule has 0 aromatic rings. The van der Waals surface area contributed by atoms with Gasteiger partial charge in [0.2, 0.25) is 6.54 Å². The second-order valence-electron chi connectivity index (χ2n) is 7.71. The normalized spacial score (nSPS) is 35.9. The first-order chi connectivity index (χ1) is 9.63. The summed E-state index contributed by atoms with van der Waals surface area (Å²) in [5.74, 6) is -0.732. The number of allylic oxidation sites excluding steroid dienone is 2. The van der Waals surface area contributed by atoms with E-state index in [4.69, 9.17) is 0 Å². The highest BCUT2D eigenvalue weighted by molar-refractivity contribution is 5.72. The number of nitro groups is 1. The minimum absolute atomic E-state index is 0.0353. The van der Waals surface area contributed by atoms with E-state index in [0.29, 0.717) is 18.3 Å². The van der Waals surface area contributed by atoms with Crippen LogP contribution in [0.25, 0.3) is 0 Å². The van der Waals surface area contributed by atoms with E-state index in [1.807, 2.05) is 26.8 Å². The Morgan fingerprint density at radius 1 is 1.48 bits per heavy atom. The first kappa shape index (κ1) is 16.0. The van der Waals surface area contributed by atoms with Crippen LogP contribution in [0.3, 0.4) is 0 Å². The number of fused-ring (bicyclic) bond motifs is 1. The van der Waals surface area contributed by atoms with Crippen LogP contribution in [0.1, 0.15) is 40.5 Å². The third-order valence-electron chi connectivity index (χ3n) is 5.44. The minimum atomic E-state index is -0.906. The molecular formula is C16H25NO4. The molecule has 1 N–H and O–H groups in total. The third-order valence-corrected chi connectivity index (χ3v) is 5.44. The van der Waals surface area contributed by atoms with Gasteiger partial charge in [-0.1, -0.05) is 39.8 Å². The fourth-order valence-corrected chi connectivity index (χ4v) is 4.85. The summed E-state index contributed by atoms with van der Waals surface area (Å²) < 4.78 is 0. The molecule has 2 aliphatic rings. The average molecular weight is 295 g/mol. The Labute approximate surface area is 125 Å². The van der Waals surface area contributed by atoms with Crippen LogP contribution in [0, 0.1) is 44.6 Å². The molecule has 5 atom stereocenters. The summed E-state index contributed by atoms with van der Waals surface area (Å²) in [5.41, 5.74) is -1.23. The molecule has 1 saturated carbocycles. The zero-order chi connectivity index (χ0) is 16.0. The Morgan fingerprint density at radius 2 is 2.10 bits per heavy atom. The number of aliphatic carboxylic acids is 1. The van der Waals surface area contributed by atoms with Gasteiger partial charge in [-0.25, -0.2) is 0 Å². The van der Waals surface area contributed by atoms with Crippen LogP contribution in [0.2, 0.25) is 0 Å². The number of hydrogen-bond acceptors (Lipinski definition) is 3. The number of nitrogens with zero attached hydrogens (tertiary/aromatic N) is 1. The van der Waals surface area contributed by atoms with E-state index in [2.05, 4.69) is 13.0 Å². The van der Waals surface area contributed by atoms with Gasteiger partial charge in [0.15, 0.2) is 0 Å². The Morgan fingerprint density at radius 3 is 2.52 bits per heavy atom. The van der Waals surface area contributed by atoms with Gasteiger partial charge in [-0.2, -0.15) is 0 Å². The highest BCUT2D eigenvalue weighted by atomic mass is 16.6. The molecule has 0 aliphatic heterocycles. The summed E-state index contributed by atoms with van der Waals surface area (Å²) in [7, 11) is 0. The number of carboxylic acid groups (broad SMARTS) is 1. The lowest BCUT2D eigenvalue weighted by Crippen LogP contribution is -2.60. The van der Waals surface area contributed by atoms with Gasteiger partial charge in [-0.3, -0.25) is 14.9 Å². The van der Waals surface area contributed by atoms with E-state index in [9.17, 15) is 20.0 Å². The monoisotopic (exact) mass is 295 g/mol. The van der Waals surface area contributed by atoms with Crippen molar-refractivity contribution < 1.29 is 14.8 Å². The summed E-state index contributed by atoms with van der Waals surface area (Å²) in [6, 6.07) is 0. The van der Waals surface area contributed by atoms with Crippen molar-refractivity contribution in [3.63, 3.8) is 0 Å². The van der Waals surface area contributed by atoms with Crippen molar-refractivity contribution in [2.24, 2.45) is 34.5 Å². The lowest BCUT2D eigenvalue weighted by molar-refractivity contribution is -0.510. The van der Waals surface area contributed by atoms with Crippen molar-refractivity contribution >= 4 is 5.97 Å². The molecule has 21 heavy (non-hydrogen) atoms. The Hall–Kier alpha value is -1.39. The van der Waals surface area contributed by atoms with Crippen LogP contribution in [-0.2, 0) is 4.79 Å². The van der Waals surface area contributed by atoms with Crippen LogP contribution in [0.4, 0.5) is 0 Å². The van der Waals surface area contributed by atoms with Gasteiger partial charge in [-0.05, 0) is 36.0 Å². The van der Waals surface area contributed by atoms with Crippen molar-refractivity contribution in [2.75, 3.05) is 6.54 Å². The molecule has 2 aliphatic carbocycles. The second kappa shape index (κ2) is 5.11. The van der Waals surface area contributed by atoms with E-state index in [1.165, 1.54) is 0 Å². The first-order valence-corrected chi connectivity index (χ1v) is 7.66. The van der Waals surface area contributed by atoms with Gasteiger partial charge >= 0.3 is 5.97 Å². The topological polar surface area (TPSA) is 80.4 Å². The van der Waals surface area contributed by atoms with E-state index in [0.717, 1.165) is 6.42 Å². The number of hydrogen-bond donors (Lipinski definition) is 1. The van der Waals surface area contributed by atoms with E-state index in [-0.39, 0.29) is 17.4 Å². The van der Waals surface area contributed by atoms with E-state index < -0.39 is 22.7 Å². The Balaban J connectivity index is 2.39. The highest BCUT2D eigenvalue weighted by Crippen LogP contribution is 2.65. The molecule has 0 radical (unpaired) electrons. The Bertz CT molecular complexity index is 479. The molecule has 0 spiro atoms. The maximum absolute atomic E-state index is 11.9. The van der Waals surface area contributed by atoms with Crippen molar-refractivity contribution in [2.45, 2.75) is 40.5 Å². The molecule has 1 fully saturated rings. The molecule has 0 aromatic carbocycles. The molecule has 0 amide bonds. The van der Waals surface area contributed by atoms with Gasteiger partial charge in [0, 0.05) is 4.92 Å². The number of carbonyl (C=O) groups is 1. The number of carboxylic acids is 1. The lowest BCUT2D eigenvalue weighted by atomic mass is 9.45. The molecule has 0 heterocycles. The van der Waals surface area contributed by atoms with Crippen molar-refractivity contribution in [3.8, 4) is 0 Å². The van der Waals surface area contributed by atoms with Gasteiger partial charge in [0.1, 0.15) is 0 Å². The highest BCUT2D eigenvalue weighted by Gasteiger charge is 2.66. The molecule has 118 valence electrons. The fourth-order valence-electron chi connectivity index (χ4n) is 4.85. The van der Waals surface area contributed by atoms with Gasteiger partial charge in [-0.15, -0.1) is 0 Å². The van der Waals surface area contributed by atoms with Gasteiger partial charge < -0.3 is 5.11 Å². The smallest absolute Gasteiger partial charge is 0.307 e. The first-order valence-electron chi connectivity index (χ1n) is 7.66. The largest absolute Gasteiger partial charge is 0.481 e. The quantitative estimate of drug-likeness (QED) is 0.479. The molecular weight excluding hydrogens is 270 g/mol. The molecule has 0 saturated heterocycles. The average Bonchev–Trinajstić information content (AvgIpc) is 2.62. The molecule has 5 heteroatoms. The Kier molecular flexibility index (Phi) is 3.89. The predicted octanol–water partition coefficient (Wildman–Crippen LogP) is 3.23. The standard InChI is InChI=1S/C16H25NO4/c1-5-10-6-7-12-11(10)8-16(12,9-17(20)21)13(14(18)19)15(2,3)4/h6-7,10-13H,5,8-9H2,1-4H3,(H,18,19)/t10?,11-,12+,13?,16+/m0/s1. The van der Waals surface area contributed by atoms with Gasteiger partial charge in [0.05, 0.1) is 11.3 Å². The van der Waals surface area contributed by atoms with Gasteiger partial charge in [0.25, 0.3) is 0 Å². The van der Waals surface area contributed by atoms with Crippen LogP contribution < -0.4 is 0 Å². The fraction of sp³-hybridized carbons (Fsp3) is 0.812. The van der Waals surface area contributed by atoms with E-state index in [1.54, 1.807) is 0 Å². The summed E-state index contributed by atoms with van der Waals surface area (Å²) in [5, 5.41) is 20.9. The summed E-state index contributed by atoms with van der Waals surface area (Å²) in [6.07, 6.45) is 5.85. The summed E-state index contributed by atoms with van der Waals surface area (Å²) in [4.78, 5) is 22.7. The zero-order valence-electron chi connectivity index (χ0n) is 13.2. The second-order valence-corrected chi connectivity index (χ2v) is 7.71. The molecule has 2 unspecified atom stereocenters. The lowest BCUT2D eigenvalue weighted by Gasteiger charge is -2.56. The van der Waals surface area contributed by atoms with Crippen molar-refractivity contribution in [1.29, 1.82) is 0 Å². The maximum Gasteiger partial charge on any atom is 0.307 e. The minimum Gasteiger partial charge on any atom is -0.481 e. The predicted molar refractivity (Wildman–Crippen MR) is 79.4 cm³/mol.